The summed E-state index contributed by atoms with van der Waals surface area (Å²) in [7, 11) is 0. The zero-order chi connectivity index (χ0) is 8.43. The molecule has 0 bridgehead atoms. The summed E-state index contributed by atoms with van der Waals surface area (Å²) in [5.41, 5.74) is 0.578. The second-order valence-electron chi connectivity index (χ2n) is 2.56. The van der Waals surface area contributed by atoms with Gasteiger partial charge in [0.15, 0.2) is 5.15 Å². The van der Waals surface area contributed by atoms with Gasteiger partial charge in [-0.1, -0.05) is 25.4 Å². The molecular weight excluding hydrogens is 164 g/mol. The quantitative estimate of drug-likeness (QED) is 0.705. The molecule has 11 heavy (non-hydrogen) atoms. The highest BCUT2D eigenvalue weighted by atomic mass is 35.5. The van der Waals surface area contributed by atoms with Gasteiger partial charge in [0.1, 0.15) is 5.69 Å². The molecule has 0 aliphatic carbocycles. The molecule has 0 spiro atoms. The molecule has 0 atom stereocenters. The van der Waals surface area contributed by atoms with E-state index < -0.39 is 0 Å². The topological polar surface area (TPSA) is 46.0 Å². The Hall–Kier alpha value is -0.830. The van der Waals surface area contributed by atoms with Crippen LogP contribution in [0.4, 0.5) is 0 Å². The smallest absolute Gasteiger partial charge is 0.234 e. The van der Waals surface area contributed by atoms with Gasteiger partial charge in [0, 0.05) is 5.92 Å². The molecule has 1 heterocycles. The molecule has 0 fully saturated rings. The maximum atomic E-state index is 9.20. The van der Waals surface area contributed by atoms with E-state index >= 15 is 0 Å². The van der Waals surface area contributed by atoms with Crippen LogP contribution in [0.5, 0.6) is 5.88 Å². The van der Waals surface area contributed by atoms with Gasteiger partial charge >= 0.3 is 0 Å². The molecule has 3 nitrogen and oxygen atoms in total. The first kappa shape index (κ1) is 8.27. The summed E-state index contributed by atoms with van der Waals surface area (Å²) in [4.78, 5) is 7.59. The number of nitrogens with zero attached hydrogens (tertiary/aromatic N) is 2. The van der Waals surface area contributed by atoms with Crippen molar-refractivity contribution in [1.29, 1.82) is 0 Å². The molecule has 0 aliphatic rings. The van der Waals surface area contributed by atoms with Crippen molar-refractivity contribution in [2.75, 3.05) is 0 Å². The molecule has 4 heteroatoms. The number of aromatic nitrogens is 2. The number of hydrogen-bond donors (Lipinski definition) is 1. The molecule has 1 aromatic heterocycles. The molecule has 0 radical (unpaired) electrons. The fraction of sp³-hybridized carbons (Fsp3) is 0.429. The van der Waals surface area contributed by atoms with Crippen molar-refractivity contribution in [3.05, 3.63) is 17.0 Å². The zero-order valence-electron chi connectivity index (χ0n) is 6.37. The van der Waals surface area contributed by atoms with Crippen LogP contribution in [0.15, 0.2) is 6.20 Å². The van der Waals surface area contributed by atoms with Crippen LogP contribution in [0.25, 0.3) is 0 Å². The van der Waals surface area contributed by atoms with Gasteiger partial charge in [0.25, 0.3) is 0 Å². The predicted octanol–water partition coefficient (Wildman–Crippen LogP) is 1.96. The third-order valence-electron chi connectivity index (χ3n) is 1.30. The monoisotopic (exact) mass is 172 g/mol. The van der Waals surface area contributed by atoms with Crippen LogP contribution in [0.1, 0.15) is 25.5 Å². The zero-order valence-corrected chi connectivity index (χ0v) is 7.13. The third kappa shape index (κ3) is 1.80. The number of hydrogen-bond acceptors (Lipinski definition) is 3. The van der Waals surface area contributed by atoms with Crippen LogP contribution in [-0.4, -0.2) is 15.1 Å². The van der Waals surface area contributed by atoms with Crippen LogP contribution in [0.3, 0.4) is 0 Å². The number of aromatic hydroxyl groups is 1. The average molecular weight is 173 g/mol. The van der Waals surface area contributed by atoms with Gasteiger partial charge < -0.3 is 5.11 Å². The van der Waals surface area contributed by atoms with Crippen molar-refractivity contribution in [1.82, 2.24) is 9.97 Å². The largest absolute Gasteiger partial charge is 0.492 e. The van der Waals surface area contributed by atoms with Gasteiger partial charge in [0.05, 0.1) is 6.20 Å². The summed E-state index contributed by atoms with van der Waals surface area (Å²) in [6.45, 7) is 3.86. The van der Waals surface area contributed by atoms with Crippen molar-refractivity contribution in [2.24, 2.45) is 0 Å². The van der Waals surface area contributed by atoms with Crippen molar-refractivity contribution in [2.45, 2.75) is 19.8 Å². The summed E-state index contributed by atoms with van der Waals surface area (Å²) < 4.78 is 0. The molecule has 0 aromatic carbocycles. The minimum Gasteiger partial charge on any atom is -0.492 e. The summed E-state index contributed by atoms with van der Waals surface area (Å²) in [5.74, 6) is 0.0901. The van der Waals surface area contributed by atoms with E-state index in [1.807, 2.05) is 13.8 Å². The lowest BCUT2D eigenvalue weighted by Gasteiger charge is -2.04. The molecule has 0 saturated heterocycles. The van der Waals surface area contributed by atoms with E-state index in [-0.39, 0.29) is 17.0 Å². The molecule has 0 amide bonds. The first-order valence-electron chi connectivity index (χ1n) is 3.32. The summed E-state index contributed by atoms with van der Waals surface area (Å²) in [6, 6.07) is 0. The van der Waals surface area contributed by atoms with E-state index in [9.17, 15) is 5.11 Å². The van der Waals surface area contributed by atoms with E-state index in [0.29, 0.717) is 5.69 Å². The fourth-order valence-corrected chi connectivity index (χ4v) is 0.904. The Morgan fingerprint density at radius 1 is 1.55 bits per heavy atom. The lowest BCUT2D eigenvalue weighted by Crippen LogP contribution is -1.94. The minimum absolute atomic E-state index is 0.0764. The van der Waals surface area contributed by atoms with Gasteiger partial charge in [-0.15, -0.1) is 0 Å². The lowest BCUT2D eigenvalue weighted by molar-refractivity contribution is 0.437. The predicted molar refractivity (Wildman–Crippen MR) is 42.8 cm³/mol. The minimum atomic E-state index is -0.0764. The van der Waals surface area contributed by atoms with Crippen molar-refractivity contribution in [3.8, 4) is 5.88 Å². The molecule has 0 unspecified atom stereocenters. The standard InChI is InChI=1S/C7H9ClN2O/c1-4(2)6-7(11)10-5(8)3-9-6/h3-4H,1-2H3,(H,10,11). The van der Waals surface area contributed by atoms with Crippen LogP contribution in [-0.2, 0) is 0 Å². The SMILES string of the molecule is CC(C)c1ncc(Cl)nc1O. The van der Waals surface area contributed by atoms with Crippen molar-refractivity contribution >= 4 is 11.6 Å². The molecular formula is C7H9ClN2O. The average Bonchev–Trinajstić information content (AvgIpc) is 1.85. The van der Waals surface area contributed by atoms with Gasteiger partial charge in [-0.3, -0.25) is 4.98 Å². The molecule has 1 N–H and O–H groups in total. The van der Waals surface area contributed by atoms with Crippen LogP contribution >= 0.6 is 11.6 Å². The van der Waals surface area contributed by atoms with E-state index in [1.165, 1.54) is 6.20 Å². The molecule has 1 rings (SSSR count). The maximum absolute atomic E-state index is 9.20. The Morgan fingerprint density at radius 3 is 2.64 bits per heavy atom. The lowest BCUT2D eigenvalue weighted by atomic mass is 10.1. The van der Waals surface area contributed by atoms with Crippen LogP contribution in [0, 0.1) is 0 Å². The Bertz CT molecular complexity index is 263. The number of rotatable bonds is 1. The summed E-state index contributed by atoms with van der Waals surface area (Å²) >= 11 is 5.49. The van der Waals surface area contributed by atoms with Crippen molar-refractivity contribution < 1.29 is 5.11 Å². The molecule has 0 aliphatic heterocycles. The normalized spacial score (nSPS) is 10.5. The highest BCUT2D eigenvalue weighted by Crippen LogP contribution is 2.21. The first-order chi connectivity index (χ1) is 5.11. The van der Waals surface area contributed by atoms with E-state index in [2.05, 4.69) is 9.97 Å². The molecule has 60 valence electrons. The Labute approximate surface area is 70.1 Å². The van der Waals surface area contributed by atoms with Gasteiger partial charge in [0.2, 0.25) is 5.88 Å². The maximum Gasteiger partial charge on any atom is 0.234 e. The highest BCUT2D eigenvalue weighted by molar-refractivity contribution is 6.29. The van der Waals surface area contributed by atoms with Crippen LogP contribution in [0.2, 0.25) is 5.15 Å². The Morgan fingerprint density at radius 2 is 2.18 bits per heavy atom. The van der Waals surface area contributed by atoms with Gasteiger partial charge in [-0.25, -0.2) is 0 Å². The Balaban J connectivity index is 3.09. The number of halogens is 1. The molecule has 1 aromatic rings. The van der Waals surface area contributed by atoms with Gasteiger partial charge in [-0.05, 0) is 0 Å². The third-order valence-corrected chi connectivity index (χ3v) is 1.48. The summed E-state index contributed by atoms with van der Waals surface area (Å²) in [6.07, 6.45) is 1.43. The van der Waals surface area contributed by atoms with Crippen molar-refractivity contribution in [3.63, 3.8) is 0 Å². The first-order valence-corrected chi connectivity index (χ1v) is 3.70. The highest BCUT2D eigenvalue weighted by Gasteiger charge is 2.08. The second-order valence-corrected chi connectivity index (χ2v) is 2.94. The van der Waals surface area contributed by atoms with Gasteiger partial charge in [-0.2, -0.15) is 4.98 Å². The van der Waals surface area contributed by atoms with Crippen LogP contribution < -0.4 is 0 Å². The second kappa shape index (κ2) is 3.05. The fourth-order valence-electron chi connectivity index (χ4n) is 0.775. The molecule has 0 saturated carbocycles. The summed E-state index contributed by atoms with van der Waals surface area (Å²) in [5, 5.41) is 9.42. The Kier molecular flexibility index (Phi) is 2.29. The van der Waals surface area contributed by atoms with E-state index in [4.69, 9.17) is 11.6 Å². The van der Waals surface area contributed by atoms with E-state index in [0.717, 1.165) is 0 Å². The van der Waals surface area contributed by atoms with E-state index in [1.54, 1.807) is 0 Å².